The van der Waals surface area contributed by atoms with Crippen LogP contribution in [-0.4, -0.2) is 50.3 Å². The SMILES string of the molecule is Cc1cccn2c(=O)cc(CN3CC[C@H](O)[C@](CO)(Cc4ccccc4)C3)nc12. The summed E-state index contributed by atoms with van der Waals surface area (Å²) in [5.74, 6) is 0. The molecular formula is C23H27N3O3. The van der Waals surface area contributed by atoms with E-state index in [0.29, 0.717) is 43.8 Å². The average molecular weight is 393 g/mol. The summed E-state index contributed by atoms with van der Waals surface area (Å²) in [4.78, 5) is 19.4. The van der Waals surface area contributed by atoms with Crippen LogP contribution in [0.2, 0.25) is 0 Å². The summed E-state index contributed by atoms with van der Waals surface area (Å²) in [5, 5.41) is 21.0. The van der Waals surface area contributed by atoms with Crippen LogP contribution in [0.25, 0.3) is 5.65 Å². The van der Waals surface area contributed by atoms with Gasteiger partial charge in [0.15, 0.2) is 0 Å². The summed E-state index contributed by atoms with van der Waals surface area (Å²) in [7, 11) is 0. The lowest BCUT2D eigenvalue weighted by molar-refractivity contribution is -0.0770. The van der Waals surface area contributed by atoms with Crippen LogP contribution >= 0.6 is 0 Å². The van der Waals surface area contributed by atoms with Gasteiger partial charge in [0.05, 0.1) is 18.4 Å². The Morgan fingerprint density at radius 2 is 2.00 bits per heavy atom. The number of hydrogen-bond donors (Lipinski definition) is 2. The van der Waals surface area contributed by atoms with Crippen LogP contribution in [0.4, 0.5) is 0 Å². The van der Waals surface area contributed by atoms with E-state index in [1.807, 2.05) is 49.4 Å². The predicted molar refractivity (Wildman–Crippen MR) is 112 cm³/mol. The number of aliphatic hydroxyl groups is 2. The predicted octanol–water partition coefficient (Wildman–Crippen LogP) is 1.79. The van der Waals surface area contributed by atoms with Gasteiger partial charge in [-0.25, -0.2) is 4.98 Å². The molecule has 1 aromatic carbocycles. The van der Waals surface area contributed by atoms with Gasteiger partial charge in [-0.1, -0.05) is 36.4 Å². The molecule has 0 bridgehead atoms. The minimum atomic E-state index is -0.624. The van der Waals surface area contributed by atoms with Crippen molar-refractivity contribution in [2.45, 2.75) is 32.4 Å². The normalized spacial score (nSPS) is 22.8. The molecule has 2 atom stereocenters. The molecule has 3 aromatic rings. The van der Waals surface area contributed by atoms with Gasteiger partial charge in [0.25, 0.3) is 5.56 Å². The quantitative estimate of drug-likeness (QED) is 0.691. The number of likely N-dealkylation sites (tertiary alicyclic amines) is 1. The van der Waals surface area contributed by atoms with Crippen molar-refractivity contribution < 1.29 is 10.2 Å². The second-order valence-corrected chi connectivity index (χ2v) is 8.17. The van der Waals surface area contributed by atoms with Gasteiger partial charge in [0.2, 0.25) is 0 Å². The van der Waals surface area contributed by atoms with Gasteiger partial charge in [-0.3, -0.25) is 14.1 Å². The highest BCUT2D eigenvalue weighted by atomic mass is 16.3. The zero-order chi connectivity index (χ0) is 20.4. The molecule has 0 amide bonds. The average Bonchev–Trinajstić information content (AvgIpc) is 2.72. The number of aliphatic hydroxyl groups excluding tert-OH is 2. The number of pyridine rings is 1. The van der Waals surface area contributed by atoms with Crippen molar-refractivity contribution in [3.05, 3.63) is 81.9 Å². The number of piperidine rings is 1. The van der Waals surface area contributed by atoms with Crippen LogP contribution in [0.3, 0.4) is 0 Å². The molecule has 0 radical (unpaired) electrons. The number of benzene rings is 1. The largest absolute Gasteiger partial charge is 0.396 e. The van der Waals surface area contributed by atoms with Crippen LogP contribution in [0, 0.1) is 12.3 Å². The Bertz CT molecular complexity index is 1050. The first-order valence-corrected chi connectivity index (χ1v) is 10.0. The molecule has 1 aliphatic rings. The number of rotatable bonds is 5. The summed E-state index contributed by atoms with van der Waals surface area (Å²) in [6.45, 7) is 3.62. The highest BCUT2D eigenvalue weighted by Gasteiger charge is 2.42. The van der Waals surface area contributed by atoms with Crippen LogP contribution in [0.15, 0.2) is 59.5 Å². The lowest BCUT2D eigenvalue weighted by Gasteiger charge is -2.45. The molecule has 0 aliphatic carbocycles. The van der Waals surface area contributed by atoms with E-state index < -0.39 is 11.5 Å². The third-order valence-electron chi connectivity index (χ3n) is 6.00. The molecule has 1 saturated heterocycles. The van der Waals surface area contributed by atoms with Crippen molar-refractivity contribution in [2.24, 2.45) is 5.41 Å². The van der Waals surface area contributed by atoms with Crippen molar-refractivity contribution in [2.75, 3.05) is 19.7 Å². The van der Waals surface area contributed by atoms with E-state index in [2.05, 4.69) is 4.90 Å². The fourth-order valence-corrected chi connectivity index (χ4v) is 4.38. The van der Waals surface area contributed by atoms with E-state index in [0.717, 1.165) is 11.1 Å². The molecule has 6 nitrogen and oxygen atoms in total. The van der Waals surface area contributed by atoms with Crippen molar-refractivity contribution in [3.63, 3.8) is 0 Å². The van der Waals surface area contributed by atoms with E-state index in [-0.39, 0.29) is 12.2 Å². The lowest BCUT2D eigenvalue weighted by atomic mass is 9.73. The van der Waals surface area contributed by atoms with E-state index >= 15 is 0 Å². The summed E-state index contributed by atoms with van der Waals surface area (Å²) in [6.07, 6.45) is 2.35. The molecule has 0 saturated carbocycles. The van der Waals surface area contributed by atoms with E-state index in [1.165, 1.54) is 0 Å². The number of hydrogen-bond acceptors (Lipinski definition) is 5. The molecule has 0 unspecified atom stereocenters. The van der Waals surface area contributed by atoms with E-state index in [9.17, 15) is 15.0 Å². The Morgan fingerprint density at radius 1 is 1.21 bits per heavy atom. The van der Waals surface area contributed by atoms with Crippen LogP contribution in [0.5, 0.6) is 0 Å². The third-order valence-corrected chi connectivity index (χ3v) is 6.00. The first-order valence-electron chi connectivity index (χ1n) is 10.0. The topological polar surface area (TPSA) is 78.1 Å². The zero-order valence-electron chi connectivity index (χ0n) is 16.7. The highest BCUT2D eigenvalue weighted by Crippen LogP contribution is 2.34. The lowest BCUT2D eigenvalue weighted by Crippen LogP contribution is -2.54. The Balaban J connectivity index is 1.59. The van der Waals surface area contributed by atoms with Gasteiger partial charge < -0.3 is 10.2 Å². The Morgan fingerprint density at radius 3 is 2.76 bits per heavy atom. The van der Waals surface area contributed by atoms with Gasteiger partial charge in [0, 0.05) is 37.3 Å². The molecule has 4 rings (SSSR count). The smallest absolute Gasteiger partial charge is 0.258 e. The number of aryl methyl sites for hydroxylation is 1. The number of nitrogens with zero attached hydrogens (tertiary/aromatic N) is 3. The fourth-order valence-electron chi connectivity index (χ4n) is 4.38. The van der Waals surface area contributed by atoms with Gasteiger partial charge >= 0.3 is 0 Å². The van der Waals surface area contributed by atoms with E-state index in [1.54, 1.807) is 16.7 Å². The third kappa shape index (κ3) is 3.96. The molecule has 0 spiro atoms. The number of fused-ring (bicyclic) bond motifs is 1. The van der Waals surface area contributed by atoms with Crippen molar-refractivity contribution in [1.82, 2.24) is 14.3 Å². The van der Waals surface area contributed by atoms with Gasteiger partial charge in [0.1, 0.15) is 5.65 Å². The summed E-state index contributed by atoms with van der Waals surface area (Å²) < 4.78 is 1.56. The molecule has 2 N–H and O–H groups in total. The minimum Gasteiger partial charge on any atom is -0.396 e. The van der Waals surface area contributed by atoms with Crippen molar-refractivity contribution in [3.8, 4) is 0 Å². The Kier molecular flexibility index (Phi) is 5.50. The van der Waals surface area contributed by atoms with Crippen LogP contribution < -0.4 is 5.56 Å². The first kappa shape index (κ1) is 19.8. The van der Waals surface area contributed by atoms with Crippen LogP contribution in [0.1, 0.15) is 23.2 Å². The summed E-state index contributed by atoms with van der Waals surface area (Å²) >= 11 is 0. The minimum absolute atomic E-state index is 0.0908. The van der Waals surface area contributed by atoms with Gasteiger partial charge in [-0.2, -0.15) is 0 Å². The van der Waals surface area contributed by atoms with Crippen molar-refractivity contribution >= 4 is 5.65 Å². The molecule has 6 heteroatoms. The molecule has 152 valence electrons. The molecule has 29 heavy (non-hydrogen) atoms. The Hall–Kier alpha value is -2.54. The fraction of sp³-hybridized carbons (Fsp3) is 0.391. The zero-order valence-corrected chi connectivity index (χ0v) is 16.7. The Labute approximate surface area is 170 Å². The van der Waals surface area contributed by atoms with Gasteiger partial charge in [-0.05, 0) is 37.0 Å². The molecular weight excluding hydrogens is 366 g/mol. The monoisotopic (exact) mass is 393 g/mol. The maximum absolute atomic E-state index is 12.5. The van der Waals surface area contributed by atoms with Gasteiger partial charge in [-0.15, -0.1) is 0 Å². The maximum atomic E-state index is 12.5. The maximum Gasteiger partial charge on any atom is 0.258 e. The summed E-state index contributed by atoms with van der Waals surface area (Å²) in [5.41, 5.74) is 2.72. The molecule has 3 heterocycles. The highest BCUT2D eigenvalue weighted by molar-refractivity contribution is 5.46. The number of aromatic nitrogens is 2. The van der Waals surface area contributed by atoms with Crippen molar-refractivity contribution in [1.29, 1.82) is 0 Å². The molecule has 1 fully saturated rings. The second-order valence-electron chi connectivity index (χ2n) is 8.17. The standard InChI is InChI=1S/C23H27N3O3/c1-17-6-5-10-26-21(29)12-19(24-22(17)26)14-25-11-9-20(28)23(15-25,16-27)13-18-7-3-2-4-8-18/h2-8,10,12,20,27-28H,9,11,13-16H2,1H3/t20-,23+/m0/s1. The molecule has 1 aliphatic heterocycles. The first-order chi connectivity index (χ1) is 14.0. The summed E-state index contributed by atoms with van der Waals surface area (Å²) in [6, 6.07) is 15.3. The van der Waals surface area contributed by atoms with Crippen LogP contribution in [-0.2, 0) is 13.0 Å². The van der Waals surface area contributed by atoms with E-state index in [4.69, 9.17) is 4.98 Å². The molecule has 2 aromatic heterocycles. The second kappa shape index (κ2) is 8.06.